The molecule has 0 radical (unpaired) electrons. The fourth-order valence-corrected chi connectivity index (χ4v) is 1.03. The maximum Gasteiger partial charge on any atom is 0.134 e. The first-order valence-corrected chi connectivity index (χ1v) is 4.64. The molecule has 0 saturated heterocycles. The van der Waals surface area contributed by atoms with Gasteiger partial charge in [-0.2, -0.15) is 0 Å². The van der Waals surface area contributed by atoms with Crippen LogP contribution in [0.1, 0.15) is 12.5 Å². The standard InChI is InChI=1S/C9H16N4O/c1-3-14-5-4-11-9-7(2)8(10)12-6-13-9/h6H,3-5H2,1-2H3,(H3,10,11,12,13). The van der Waals surface area contributed by atoms with Crippen LogP contribution < -0.4 is 11.1 Å². The quantitative estimate of drug-likeness (QED) is 0.682. The van der Waals surface area contributed by atoms with Crippen molar-refractivity contribution >= 4 is 11.6 Å². The molecule has 1 rings (SSSR count). The van der Waals surface area contributed by atoms with Crippen LogP contribution in [-0.4, -0.2) is 29.7 Å². The van der Waals surface area contributed by atoms with E-state index in [1.165, 1.54) is 6.33 Å². The van der Waals surface area contributed by atoms with E-state index in [1.54, 1.807) is 0 Å². The Morgan fingerprint density at radius 1 is 1.50 bits per heavy atom. The molecule has 0 aliphatic rings. The minimum Gasteiger partial charge on any atom is -0.383 e. The van der Waals surface area contributed by atoms with Gasteiger partial charge in [0.25, 0.3) is 0 Å². The van der Waals surface area contributed by atoms with Gasteiger partial charge in [-0.1, -0.05) is 0 Å². The number of ether oxygens (including phenoxy) is 1. The molecule has 1 heterocycles. The van der Waals surface area contributed by atoms with Crippen molar-refractivity contribution in [1.29, 1.82) is 0 Å². The van der Waals surface area contributed by atoms with E-state index in [2.05, 4.69) is 15.3 Å². The van der Waals surface area contributed by atoms with Crippen LogP contribution >= 0.6 is 0 Å². The van der Waals surface area contributed by atoms with E-state index in [0.29, 0.717) is 12.4 Å². The van der Waals surface area contributed by atoms with E-state index in [9.17, 15) is 0 Å². The van der Waals surface area contributed by atoms with Crippen LogP contribution in [0.5, 0.6) is 0 Å². The fraction of sp³-hybridized carbons (Fsp3) is 0.556. The molecule has 0 bridgehead atoms. The van der Waals surface area contributed by atoms with Crippen LogP contribution in [0.3, 0.4) is 0 Å². The molecule has 78 valence electrons. The van der Waals surface area contributed by atoms with E-state index >= 15 is 0 Å². The third-order valence-electron chi connectivity index (χ3n) is 1.87. The molecule has 1 aromatic rings. The second-order valence-corrected chi connectivity index (χ2v) is 2.86. The summed E-state index contributed by atoms with van der Waals surface area (Å²) < 4.78 is 5.19. The number of nitrogens with one attached hydrogen (secondary N) is 1. The minimum atomic E-state index is 0.513. The Bertz CT molecular complexity index is 290. The van der Waals surface area contributed by atoms with E-state index in [4.69, 9.17) is 10.5 Å². The van der Waals surface area contributed by atoms with Crippen LogP contribution in [0.25, 0.3) is 0 Å². The molecule has 0 aliphatic heterocycles. The highest BCUT2D eigenvalue weighted by molar-refractivity contribution is 5.53. The smallest absolute Gasteiger partial charge is 0.134 e. The summed E-state index contributed by atoms with van der Waals surface area (Å²) in [6.45, 7) is 5.98. The molecule has 5 nitrogen and oxygen atoms in total. The molecule has 0 saturated carbocycles. The molecule has 0 atom stereocenters. The van der Waals surface area contributed by atoms with Crippen molar-refractivity contribution in [3.63, 3.8) is 0 Å². The van der Waals surface area contributed by atoms with Crippen LogP contribution in [0.15, 0.2) is 6.33 Å². The summed E-state index contributed by atoms with van der Waals surface area (Å²) in [5.74, 6) is 1.29. The maximum absolute atomic E-state index is 5.63. The van der Waals surface area contributed by atoms with Crippen molar-refractivity contribution in [2.75, 3.05) is 30.8 Å². The zero-order chi connectivity index (χ0) is 10.4. The molecule has 0 aliphatic carbocycles. The van der Waals surface area contributed by atoms with Gasteiger partial charge in [-0.05, 0) is 13.8 Å². The monoisotopic (exact) mass is 196 g/mol. The first kappa shape index (κ1) is 10.7. The van der Waals surface area contributed by atoms with Gasteiger partial charge in [-0.3, -0.25) is 0 Å². The summed E-state index contributed by atoms with van der Waals surface area (Å²) in [6, 6.07) is 0. The van der Waals surface area contributed by atoms with E-state index in [-0.39, 0.29) is 0 Å². The second-order valence-electron chi connectivity index (χ2n) is 2.86. The van der Waals surface area contributed by atoms with E-state index in [0.717, 1.165) is 24.5 Å². The van der Waals surface area contributed by atoms with Gasteiger partial charge in [0.05, 0.1) is 6.61 Å². The van der Waals surface area contributed by atoms with Gasteiger partial charge in [-0.25, -0.2) is 9.97 Å². The highest BCUT2D eigenvalue weighted by Gasteiger charge is 2.02. The van der Waals surface area contributed by atoms with Crippen molar-refractivity contribution in [2.45, 2.75) is 13.8 Å². The minimum absolute atomic E-state index is 0.513. The van der Waals surface area contributed by atoms with Crippen molar-refractivity contribution in [1.82, 2.24) is 9.97 Å². The summed E-state index contributed by atoms with van der Waals surface area (Å²) in [5, 5.41) is 3.13. The molecule has 0 spiro atoms. The summed E-state index contributed by atoms with van der Waals surface area (Å²) >= 11 is 0. The lowest BCUT2D eigenvalue weighted by Crippen LogP contribution is -2.12. The highest BCUT2D eigenvalue weighted by Crippen LogP contribution is 2.14. The van der Waals surface area contributed by atoms with Gasteiger partial charge < -0.3 is 15.8 Å². The van der Waals surface area contributed by atoms with E-state index in [1.807, 2.05) is 13.8 Å². The number of nitrogen functional groups attached to an aromatic ring is 1. The Morgan fingerprint density at radius 2 is 2.29 bits per heavy atom. The summed E-state index contributed by atoms with van der Waals surface area (Å²) in [7, 11) is 0. The molecule has 14 heavy (non-hydrogen) atoms. The summed E-state index contributed by atoms with van der Waals surface area (Å²) in [5.41, 5.74) is 6.51. The lowest BCUT2D eigenvalue weighted by molar-refractivity contribution is 0.158. The largest absolute Gasteiger partial charge is 0.383 e. The molecular weight excluding hydrogens is 180 g/mol. The number of hydrogen-bond donors (Lipinski definition) is 2. The molecule has 0 unspecified atom stereocenters. The molecule has 0 amide bonds. The number of rotatable bonds is 5. The highest BCUT2D eigenvalue weighted by atomic mass is 16.5. The van der Waals surface area contributed by atoms with Gasteiger partial charge in [-0.15, -0.1) is 0 Å². The van der Waals surface area contributed by atoms with Crippen molar-refractivity contribution in [3.8, 4) is 0 Å². The number of hydrogen-bond acceptors (Lipinski definition) is 5. The first-order valence-electron chi connectivity index (χ1n) is 4.64. The van der Waals surface area contributed by atoms with Gasteiger partial charge in [0, 0.05) is 18.7 Å². The molecule has 0 fully saturated rings. The van der Waals surface area contributed by atoms with Gasteiger partial charge in [0.15, 0.2) is 0 Å². The first-order chi connectivity index (χ1) is 6.75. The van der Waals surface area contributed by atoms with Crippen molar-refractivity contribution in [2.24, 2.45) is 0 Å². The Morgan fingerprint density at radius 3 is 3.00 bits per heavy atom. The predicted molar refractivity (Wildman–Crippen MR) is 56.2 cm³/mol. The molecule has 1 aromatic heterocycles. The average molecular weight is 196 g/mol. The van der Waals surface area contributed by atoms with Crippen LogP contribution in [0.2, 0.25) is 0 Å². The summed E-state index contributed by atoms with van der Waals surface area (Å²) in [4.78, 5) is 7.96. The van der Waals surface area contributed by atoms with Crippen molar-refractivity contribution in [3.05, 3.63) is 11.9 Å². The van der Waals surface area contributed by atoms with Gasteiger partial charge >= 0.3 is 0 Å². The molecule has 5 heteroatoms. The number of aromatic nitrogens is 2. The van der Waals surface area contributed by atoms with Crippen molar-refractivity contribution < 1.29 is 4.74 Å². The van der Waals surface area contributed by atoms with Gasteiger partial charge in [0.2, 0.25) is 0 Å². The lowest BCUT2D eigenvalue weighted by atomic mass is 10.3. The third kappa shape index (κ3) is 2.85. The Labute approximate surface area is 83.7 Å². The summed E-state index contributed by atoms with van der Waals surface area (Å²) in [6.07, 6.45) is 1.45. The Hall–Kier alpha value is -1.36. The van der Waals surface area contributed by atoms with Crippen LogP contribution in [0, 0.1) is 6.92 Å². The normalized spacial score (nSPS) is 10.1. The maximum atomic E-state index is 5.63. The van der Waals surface area contributed by atoms with Gasteiger partial charge in [0.1, 0.15) is 18.0 Å². The lowest BCUT2D eigenvalue weighted by Gasteiger charge is -2.08. The molecule has 0 aromatic carbocycles. The van der Waals surface area contributed by atoms with Crippen LogP contribution in [0.4, 0.5) is 11.6 Å². The zero-order valence-electron chi connectivity index (χ0n) is 8.58. The second kappa shape index (κ2) is 5.39. The third-order valence-corrected chi connectivity index (χ3v) is 1.87. The number of nitrogens with zero attached hydrogens (tertiary/aromatic N) is 2. The molecule has 3 N–H and O–H groups in total. The zero-order valence-corrected chi connectivity index (χ0v) is 8.58. The predicted octanol–water partition coefficient (Wildman–Crippen LogP) is 0.816. The Kier molecular flexibility index (Phi) is 4.12. The average Bonchev–Trinajstić information content (AvgIpc) is 2.19. The fourth-order valence-electron chi connectivity index (χ4n) is 1.03. The topological polar surface area (TPSA) is 73.1 Å². The number of anilines is 2. The van der Waals surface area contributed by atoms with E-state index < -0.39 is 0 Å². The number of nitrogens with two attached hydrogens (primary N) is 1. The van der Waals surface area contributed by atoms with Crippen LogP contribution in [-0.2, 0) is 4.74 Å². The molecular formula is C9H16N4O. The Balaban J connectivity index is 2.46. The SMILES string of the molecule is CCOCCNc1ncnc(N)c1C.